The fraction of sp³-hybridized carbons (Fsp3) is 0.462. The quantitative estimate of drug-likeness (QED) is 0.0793. The molecule has 3 aromatic carbocycles. The van der Waals surface area contributed by atoms with E-state index in [4.69, 9.17) is 28.9 Å². The van der Waals surface area contributed by atoms with Crippen molar-refractivity contribution in [2.24, 2.45) is 11.8 Å². The second kappa shape index (κ2) is 21.5. The van der Waals surface area contributed by atoms with Crippen LogP contribution in [0.25, 0.3) is 22.5 Å². The smallest absolute Gasteiger partial charge is 0.407 e. The number of imidazole rings is 2. The number of benzene rings is 3. The van der Waals surface area contributed by atoms with Crippen molar-refractivity contribution in [3.63, 3.8) is 0 Å². The molecule has 0 bridgehead atoms. The molecule has 0 radical (unpaired) electrons. The highest BCUT2D eigenvalue weighted by Gasteiger charge is 2.51. The summed E-state index contributed by atoms with van der Waals surface area (Å²) in [6.45, 7) is 8.65. The van der Waals surface area contributed by atoms with E-state index in [-0.39, 0.29) is 53.6 Å². The van der Waals surface area contributed by atoms with Crippen molar-refractivity contribution in [3.05, 3.63) is 114 Å². The number of anilines is 1. The Labute approximate surface area is 407 Å². The number of aromatic nitrogens is 4. The predicted molar refractivity (Wildman–Crippen MR) is 260 cm³/mol. The van der Waals surface area contributed by atoms with Gasteiger partial charge in [0.05, 0.1) is 62.2 Å². The first kappa shape index (κ1) is 49.6. The van der Waals surface area contributed by atoms with Gasteiger partial charge in [0.2, 0.25) is 11.8 Å². The number of hydrogen-bond acceptors (Lipinski definition) is 11. The van der Waals surface area contributed by atoms with Crippen molar-refractivity contribution >= 4 is 29.7 Å². The van der Waals surface area contributed by atoms with Crippen molar-refractivity contribution in [2.75, 3.05) is 46.4 Å². The molecule has 70 heavy (non-hydrogen) atoms. The highest BCUT2D eigenvalue weighted by atomic mass is 19.1. The van der Waals surface area contributed by atoms with Gasteiger partial charge in [-0.25, -0.2) is 23.9 Å². The molecule has 8 rings (SSSR count). The lowest BCUT2D eigenvalue weighted by Gasteiger charge is -2.34. The van der Waals surface area contributed by atoms with Crippen molar-refractivity contribution in [2.45, 2.75) is 102 Å². The van der Waals surface area contributed by atoms with Crippen LogP contribution in [-0.4, -0.2) is 120 Å². The van der Waals surface area contributed by atoms with Gasteiger partial charge in [0.15, 0.2) is 0 Å². The Kier molecular flexibility index (Phi) is 15.2. The number of nitrogens with zero attached hydrogens (tertiary/aromatic N) is 5. The number of rotatable bonds is 15. The first-order chi connectivity index (χ1) is 33.8. The lowest BCUT2D eigenvalue weighted by atomic mass is 9.96. The van der Waals surface area contributed by atoms with Gasteiger partial charge in [0, 0.05) is 33.0 Å². The molecule has 4 N–H and O–H groups in total. The summed E-state index contributed by atoms with van der Waals surface area (Å²) in [5.74, 6) is 0.355. The zero-order chi connectivity index (χ0) is 49.8. The molecule has 2 aromatic heterocycles. The normalized spacial score (nSPS) is 22.1. The molecule has 0 spiro atoms. The standard InChI is InChI=1S/C52H64FN9O8/c1-29(2)41(58-51(65)69-7)49(63)60-25-9-11-39(60)47-54-27-37(56-47)31-13-17-33(18-14-31)43-45(67-5)46(68-6)44(62(43)36-23-21-35(53)22-24-36)34-19-15-32(16-20-34)38-28-55-48(57-38)40-12-10-26-61(40)50(64)42(30(3)4)59-52(66)70-8/h13-24,27-30,39-46H,9-12,25-26H2,1-8H3,(H,54,56)(H,55,57)(H,58,65)(H,59,66). The van der Waals surface area contributed by atoms with E-state index in [1.165, 1.54) is 26.4 Å². The molecular weight excluding hydrogens is 898 g/mol. The fourth-order valence-electron chi connectivity index (χ4n) is 10.4. The van der Waals surface area contributed by atoms with E-state index < -0.39 is 36.5 Å². The van der Waals surface area contributed by atoms with E-state index in [1.54, 1.807) is 48.5 Å². The molecular formula is C52H64FN9O8. The van der Waals surface area contributed by atoms with Crippen LogP contribution in [0.3, 0.4) is 0 Å². The number of aromatic amines is 2. The topological polar surface area (TPSA) is 196 Å². The molecule has 8 unspecified atom stereocenters. The SMILES string of the molecule is COC(=O)NC(C(=O)N1CCCC1c1ncc(-c2ccc(C3C(OC)C(OC)C(c4ccc(-c5cnc(C6CCCN6C(=O)C(NC(=O)OC)C(C)C)[nH]5)cc4)N3c3ccc(F)cc3)cc2)[nH]1)C(C)C. The minimum atomic E-state index is -0.734. The Morgan fingerprint density at radius 3 is 1.37 bits per heavy atom. The van der Waals surface area contributed by atoms with Crippen LogP contribution in [0.15, 0.2) is 85.2 Å². The molecule has 5 heterocycles. The third kappa shape index (κ3) is 9.97. The maximum absolute atomic E-state index is 14.5. The summed E-state index contributed by atoms with van der Waals surface area (Å²) in [6.07, 6.45) is 4.45. The Hall–Kier alpha value is -6.79. The van der Waals surface area contributed by atoms with Gasteiger partial charge in [-0.15, -0.1) is 0 Å². The Bertz CT molecular complexity index is 2450. The molecule has 5 aromatic rings. The zero-order valence-corrected chi connectivity index (χ0v) is 41.0. The Morgan fingerprint density at radius 1 is 0.614 bits per heavy atom. The van der Waals surface area contributed by atoms with Gasteiger partial charge in [-0.2, -0.15) is 0 Å². The molecule has 3 aliphatic heterocycles. The van der Waals surface area contributed by atoms with E-state index in [0.29, 0.717) is 24.7 Å². The van der Waals surface area contributed by atoms with Crippen LogP contribution < -0.4 is 15.5 Å². The van der Waals surface area contributed by atoms with Crippen LogP contribution in [0.1, 0.15) is 100 Å². The largest absolute Gasteiger partial charge is 0.453 e. The molecule has 0 saturated carbocycles. The number of carbonyl (C=O) groups excluding carboxylic acids is 4. The summed E-state index contributed by atoms with van der Waals surface area (Å²) < 4.78 is 36.7. The van der Waals surface area contributed by atoms with E-state index in [1.807, 2.05) is 52.0 Å². The van der Waals surface area contributed by atoms with Gasteiger partial charge < -0.3 is 54.2 Å². The van der Waals surface area contributed by atoms with Crippen LogP contribution in [0.4, 0.5) is 19.7 Å². The molecule has 8 atom stereocenters. The molecule has 17 nitrogen and oxygen atoms in total. The van der Waals surface area contributed by atoms with Gasteiger partial charge in [0.25, 0.3) is 0 Å². The van der Waals surface area contributed by atoms with Gasteiger partial charge in [-0.1, -0.05) is 76.2 Å². The van der Waals surface area contributed by atoms with Gasteiger partial charge in [-0.05, 0) is 84.0 Å². The van der Waals surface area contributed by atoms with Crippen LogP contribution in [-0.2, 0) is 28.5 Å². The number of alkyl carbamates (subject to hydrolysis) is 2. The lowest BCUT2D eigenvalue weighted by Crippen LogP contribution is -2.51. The predicted octanol–water partition coefficient (Wildman–Crippen LogP) is 8.03. The van der Waals surface area contributed by atoms with Crippen molar-refractivity contribution in [3.8, 4) is 22.5 Å². The highest BCUT2D eigenvalue weighted by Crippen LogP contribution is 2.50. The molecule has 0 aliphatic carbocycles. The maximum atomic E-state index is 14.5. The second-order valence-electron chi connectivity index (χ2n) is 18.9. The molecule has 3 saturated heterocycles. The summed E-state index contributed by atoms with van der Waals surface area (Å²) in [7, 11) is 5.92. The van der Waals surface area contributed by atoms with Crippen LogP contribution in [0, 0.1) is 17.7 Å². The third-order valence-corrected chi connectivity index (χ3v) is 14.0. The number of halogens is 1. The number of hydrogen-bond donors (Lipinski definition) is 4. The average Bonchev–Trinajstić information content (AvgIpc) is 4.24. The number of nitrogens with one attached hydrogen (secondary N) is 4. The van der Waals surface area contributed by atoms with E-state index in [9.17, 15) is 23.6 Å². The Balaban J connectivity index is 1.04. The van der Waals surface area contributed by atoms with Gasteiger partial charge >= 0.3 is 12.2 Å². The Morgan fingerprint density at radius 2 is 1.01 bits per heavy atom. The first-order valence-corrected chi connectivity index (χ1v) is 24.0. The first-order valence-electron chi connectivity index (χ1n) is 24.0. The molecule has 372 valence electrons. The molecule has 3 aliphatic rings. The van der Waals surface area contributed by atoms with E-state index >= 15 is 0 Å². The minimum absolute atomic E-state index is 0.147. The zero-order valence-electron chi connectivity index (χ0n) is 41.0. The van der Waals surface area contributed by atoms with Crippen molar-refractivity contribution in [1.29, 1.82) is 0 Å². The third-order valence-electron chi connectivity index (χ3n) is 14.0. The second-order valence-corrected chi connectivity index (χ2v) is 18.9. The monoisotopic (exact) mass is 961 g/mol. The van der Waals surface area contributed by atoms with Gasteiger partial charge in [-0.3, -0.25) is 9.59 Å². The van der Waals surface area contributed by atoms with Crippen LogP contribution >= 0.6 is 0 Å². The fourth-order valence-corrected chi connectivity index (χ4v) is 10.4. The number of H-pyrrole nitrogens is 2. The molecule has 18 heteroatoms. The number of amides is 4. The summed E-state index contributed by atoms with van der Waals surface area (Å²) >= 11 is 0. The average molecular weight is 962 g/mol. The number of carbonyl (C=O) groups is 4. The van der Waals surface area contributed by atoms with Gasteiger partial charge in [0.1, 0.15) is 41.8 Å². The summed E-state index contributed by atoms with van der Waals surface area (Å²) in [4.78, 5) is 74.0. The van der Waals surface area contributed by atoms with E-state index in [0.717, 1.165) is 65.0 Å². The van der Waals surface area contributed by atoms with Crippen molar-refractivity contribution in [1.82, 2.24) is 40.4 Å². The summed E-state index contributed by atoms with van der Waals surface area (Å²) in [5, 5.41) is 5.41. The number of likely N-dealkylation sites (tertiary alicyclic amines) is 2. The minimum Gasteiger partial charge on any atom is -0.453 e. The maximum Gasteiger partial charge on any atom is 0.407 e. The van der Waals surface area contributed by atoms with Crippen molar-refractivity contribution < 1.29 is 42.5 Å². The van der Waals surface area contributed by atoms with Crippen LogP contribution in [0.5, 0.6) is 0 Å². The number of ether oxygens (including phenoxy) is 4. The molecule has 4 amide bonds. The highest BCUT2D eigenvalue weighted by molar-refractivity contribution is 5.87. The summed E-state index contributed by atoms with van der Waals surface area (Å²) in [6, 6.07) is 20.1. The summed E-state index contributed by atoms with van der Waals surface area (Å²) in [5.41, 5.74) is 6.07. The van der Waals surface area contributed by atoms with Crippen LogP contribution in [0.2, 0.25) is 0 Å². The van der Waals surface area contributed by atoms with E-state index in [2.05, 4.69) is 49.8 Å². The lowest BCUT2D eigenvalue weighted by molar-refractivity contribution is -0.136. The molecule has 3 fully saturated rings. The number of methoxy groups -OCH3 is 4.